The molecule has 1 aliphatic carbocycles. The maximum atomic E-state index is 13.4. The van der Waals surface area contributed by atoms with Crippen LogP contribution in [0.2, 0.25) is 0 Å². The summed E-state index contributed by atoms with van der Waals surface area (Å²) in [5.74, 6) is -1.02. The van der Waals surface area contributed by atoms with Crippen molar-refractivity contribution in [1.82, 2.24) is 5.32 Å². The number of nitrogens with one attached hydrogen (secondary N) is 1. The lowest BCUT2D eigenvalue weighted by Crippen LogP contribution is -2.56. The highest BCUT2D eigenvalue weighted by atomic mass is 16.6. The van der Waals surface area contributed by atoms with Gasteiger partial charge in [-0.05, 0) is 51.0 Å². The third-order valence-electron chi connectivity index (χ3n) is 6.91. The molecule has 6 heteroatoms. The maximum Gasteiger partial charge on any atom is 0.331 e. The third kappa shape index (κ3) is 4.12. The number of aliphatic hydroxyl groups excluding tert-OH is 2. The first-order valence-electron chi connectivity index (χ1n) is 11.0. The molecule has 2 heterocycles. The zero-order chi connectivity index (χ0) is 22.2. The van der Waals surface area contributed by atoms with Crippen LogP contribution in [0.15, 0.2) is 35.5 Å². The van der Waals surface area contributed by atoms with E-state index in [2.05, 4.69) is 39.1 Å². The summed E-state index contributed by atoms with van der Waals surface area (Å²) in [7, 11) is 0. The van der Waals surface area contributed by atoms with Gasteiger partial charge in [-0.15, -0.1) is 0 Å². The lowest BCUT2D eigenvalue weighted by Gasteiger charge is -2.45. The monoisotopic (exact) mass is 417 g/mol. The van der Waals surface area contributed by atoms with Gasteiger partial charge >= 0.3 is 5.97 Å². The summed E-state index contributed by atoms with van der Waals surface area (Å²) in [6.45, 7) is 10.4. The van der Waals surface area contributed by atoms with Crippen LogP contribution < -0.4 is 5.32 Å². The van der Waals surface area contributed by atoms with Gasteiger partial charge in [0.25, 0.3) is 5.91 Å². The van der Waals surface area contributed by atoms with E-state index in [0.717, 1.165) is 18.1 Å². The Bertz CT molecular complexity index is 782. The Morgan fingerprint density at radius 2 is 1.93 bits per heavy atom. The zero-order valence-electron chi connectivity index (χ0n) is 18.6. The SMILES string of the molecule is CC1=C[C@@H]2/C=C(/C)CC[C@H](O)[C@H](O)/C=C\C(=O)O[C@]23C(=O)N[C@H](CC(C)C)[C@H]3[C@@H]1C. The second-order valence-electron chi connectivity index (χ2n) is 9.64. The number of carbonyl (C=O) groups is 2. The van der Waals surface area contributed by atoms with Gasteiger partial charge in [-0.3, -0.25) is 4.79 Å². The molecule has 3 rings (SSSR count). The van der Waals surface area contributed by atoms with Gasteiger partial charge < -0.3 is 20.3 Å². The van der Waals surface area contributed by atoms with Gasteiger partial charge in [0.15, 0.2) is 0 Å². The van der Waals surface area contributed by atoms with Gasteiger partial charge in [-0.25, -0.2) is 4.79 Å². The van der Waals surface area contributed by atoms with Crippen LogP contribution in [0, 0.1) is 23.7 Å². The number of esters is 1. The fourth-order valence-corrected chi connectivity index (χ4v) is 5.27. The molecule has 1 fully saturated rings. The molecule has 2 aliphatic heterocycles. The summed E-state index contributed by atoms with van der Waals surface area (Å²) in [6, 6.07) is -0.0792. The minimum Gasteiger partial charge on any atom is -0.444 e. The van der Waals surface area contributed by atoms with E-state index >= 15 is 0 Å². The average Bonchev–Trinajstić information content (AvgIpc) is 2.93. The topological polar surface area (TPSA) is 95.9 Å². The van der Waals surface area contributed by atoms with Gasteiger partial charge in [0.05, 0.1) is 12.2 Å². The normalized spacial score (nSPS) is 42.5. The van der Waals surface area contributed by atoms with Crippen LogP contribution >= 0.6 is 0 Å². The molecule has 7 atom stereocenters. The largest absolute Gasteiger partial charge is 0.444 e. The van der Waals surface area contributed by atoms with Crippen LogP contribution in [0.4, 0.5) is 0 Å². The molecule has 0 bridgehead atoms. The van der Waals surface area contributed by atoms with E-state index in [9.17, 15) is 19.8 Å². The minimum absolute atomic E-state index is 0.0785. The van der Waals surface area contributed by atoms with Gasteiger partial charge in [0.2, 0.25) is 5.60 Å². The first-order chi connectivity index (χ1) is 14.1. The molecular formula is C24H35NO5. The Balaban J connectivity index is 2.13. The lowest BCUT2D eigenvalue weighted by molar-refractivity contribution is -0.172. The Morgan fingerprint density at radius 1 is 1.23 bits per heavy atom. The van der Waals surface area contributed by atoms with Crippen molar-refractivity contribution in [2.24, 2.45) is 23.7 Å². The highest BCUT2D eigenvalue weighted by Gasteiger charge is 2.64. The zero-order valence-corrected chi connectivity index (χ0v) is 18.6. The number of ether oxygens (including phenoxy) is 1. The first-order valence-corrected chi connectivity index (χ1v) is 11.0. The summed E-state index contributed by atoms with van der Waals surface area (Å²) in [5, 5.41) is 23.4. The lowest BCUT2D eigenvalue weighted by atomic mass is 9.63. The van der Waals surface area contributed by atoms with E-state index in [0.29, 0.717) is 18.8 Å². The predicted octanol–water partition coefficient (Wildman–Crippen LogP) is 2.66. The highest BCUT2D eigenvalue weighted by molar-refractivity contribution is 5.94. The van der Waals surface area contributed by atoms with E-state index in [1.54, 1.807) is 0 Å². The van der Waals surface area contributed by atoms with Crippen LogP contribution in [0.5, 0.6) is 0 Å². The Kier molecular flexibility index (Phi) is 6.58. The van der Waals surface area contributed by atoms with E-state index in [1.807, 2.05) is 13.0 Å². The Labute approximate surface area is 179 Å². The van der Waals surface area contributed by atoms with Crippen LogP contribution in [0.25, 0.3) is 0 Å². The quantitative estimate of drug-likeness (QED) is 0.474. The molecule has 0 unspecified atom stereocenters. The number of amides is 1. The second kappa shape index (κ2) is 8.67. The fraction of sp³-hybridized carbons (Fsp3) is 0.667. The first kappa shape index (κ1) is 22.8. The summed E-state index contributed by atoms with van der Waals surface area (Å²) in [4.78, 5) is 26.2. The average molecular weight is 418 g/mol. The molecule has 3 N–H and O–H groups in total. The molecule has 0 saturated carbocycles. The second-order valence-corrected chi connectivity index (χ2v) is 9.64. The predicted molar refractivity (Wildman–Crippen MR) is 114 cm³/mol. The summed E-state index contributed by atoms with van der Waals surface area (Å²) in [5.41, 5.74) is 0.858. The van der Waals surface area contributed by atoms with E-state index in [4.69, 9.17) is 4.74 Å². The molecular weight excluding hydrogens is 382 g/mol. The smallest absolute Gasteiger partial charge is 0.331 e. The molecule has 1 amide bonds. The number of allylic oxidation sites excluding steroid dienone is 2. The van der Waals surface area contributed by atoms with Crippen molar-refractivity contribution in [3.05, 3.63) is 35.5 Å². The van der Waals surface area contributed by atoms with Gasteiger partial charge in [0, 0.05) is 24.0 Å². The van der Waals surface area contributed by atoms with Crippen LogP contribution in [-0.4, -0.2) is 45.9 Å². The fourth-order valence-electron chi connectivity index (χ4n) is 5.27. The molecule has 3 aliphatic rings. The molecule has 30 heavy (non-hydrogen) atoms. The van der Waals surface area contributed by atoms with Gasteiger partial charge in [-0.1, -0.05) is 44.1 Å². The van der Waals surface area contributed by atoms with Crippen LogP contribution in [-0.2, 0) is 14.3 Å². The number of hydrogen-bond donors (Lipinski definition) is 3. The molecule has 1 spiro atoms. The minimum atomic E-state index is -1.32. The molecule has 1 saturated heterocycles. The number of carbonyl (C=O) groups excluding carboxylic acids is 2. The van der Waals surface area contributed by atoms with Crippen molar-refractivity contribution >= 4 is 11.9 Å². The van der Waals surface area contributed by atoms with Crippen molar-refractivity contribution in [1.29, 1.82) is 0 Å². The molecule has 0 radical (unpaired) electrons. The number of rotatable bonds is 2. The maximum absolute atomic E-state index is 13.4. The molecule has 0 aromatic carbocycles. The van der Waals surface area contributed by atoms with Crippen LogP contribution in [0.3, 0.4) is 0 Å². The summed E-state index contributed by atoms with van der Waals surface area (Å²) >= 11 is 0. The molecule has 0 aromatic rings. The Morgan fingerprint density at radius 3 is 2.60 bits per heavy atom. The Hall–Kier alpha value is -1.92. The molecule has 0 aromatic heterocycles. The van der Waals surface area contributed by atoms with Gasteiger partial charge in [-0.2, -0.15) is 0 Å². The van der Waals surface area contributed by atoms with Crippen molar-refractivity contribution in [3.63, 3.8) is 0 Å². The molecule has 166 valence electrons. The summed E-state index contributed by atoms with van der Waals surface area (Å²) in [6.07, 6.45) is 6.06. The van der Waals surface area contributed by atoms with E-state index in [1.165, 1.54) is 11.6 Å². The van der Waals surface area contributed by atoms with Crippen LogP contribution in [0.1, 0.15) is 53.9 Å². The van der Waals surface area contributed by atoms with E-state index < -0.39 is 23.8 Å². The number of aliphatic hydroxyl groups is 2. The van der Waals surface area contributed by atoms with Gasteiger partial charge in [0.1, 0.15) is 0 Å². The number of hydrogen-bond acceptors (Lipinski definition) is 5. The van der Waals surface area contributed by atoms with Crippen molar-refractivity contribution in [2.45, 2.75) is 77.7 Å². The van der Waals surface area contributed by atoms with Crippen molar-refractivity contribution in [2.75, 3.05) is 0 Å². The highest BCUT2D eigenvalue weighted by Crippen LogP contribution is 2.50. The third-order valence-corrected chi connectivity index (χ3v) is 6.91. The van der Waals surface area contributed by atoms with E-state index in [-0.39, 0.29) is 29.7 Å². The van der Waals surface area contributed by atoms with Crippen molar-refractivity contribution in [3.8, 4) is 0 Å². The van der Waals surface area contributed by atoms with Crippen molar-refractivity contribution < 1.29 is 24.5 Å². The summed E-state index contributed by atoms with van der Waals surface area (Å²) < 4.78 is 5.99. The standard InChI is InChI=1S/C24H35NO5/c1-13(2)10-18-22-16(5)15(4)12-17-11-14(3)6-7-19(26)20(27)8-9-21(28)30-24(17,22)23(29)25-18/h8-9,11-13,16-20,22,26-27H,6-7,10H2,1-5H3,(H,25,29)/b9-8-,14-11-/t16-,17+,18-,19+,20-,22-,24-/m1/s1. The molecule has 6 nitrogen and oxygen atoms in total.